The predicted molar refractivity (Wildman–Crippen MR) is 86.3 cm³/mol. The van der Waals surface area contributed by atoms with Crippen LogP contribution in [0.25, 0.3) is 0 Å². The Kier molecular flexibility index (Phi) is 5.89. The number of rotatable bonds is 7. The van der Waals surface area contributed by atoms with E-state index in [4.69, 9.17) is 9.47 Å². The van der Waals surface area contributed by atoms with Gasteiger partial charge in [-0.2, -0.15) is 0 Å². The van der Waals surface area contributed by atoms with E-state index >= 15 is 0 Å². The summed E-state index contributed by atoms with van der Waals surface area (Å²) in [6.45, 7) is 0. The lowest BCUT2D eigenvalue weighted by molar-refractivity contribution is 0.101. The predicted octanol–water partition coefficient (Wildman–Crippen LogP) is 3.25. The van der Waals surface area contributed by atoms with Gasteiger partial charge in [0.1, 0.15) is 11.5 Å². The number of carbonyl (C=O) groups excluding carboxylic acids is 1. The van der Waals surface area contributed by atoms with Crippen molar-refractivity contribution in [3.8, 4) is 11.5 Å². The molecule has 0 spiro atoms. The fourth-order valence-electron chi connectivity index (χ4n) is 1.57. The SMILES string of the molecule is COc1ccc(C(=O)CSc2nnc(SC)s2)c(OC)c1. The van der Waals surface area contributed by atoms with E-state index < -0.39 is 0 Å². The van der Waals surface area contributed by atoms with E-state index in [2.05, 4.69) is 10.2 Å². The van der Waals surface area contributed by atoms with Crippen molar-refractivity contribution < 1.29 is 14.3 Å². The molecule has 0 atom stereocenters. The van der Waals surface area contributed by atoms with Crippen LogP contribution in [0.2, 0.25) is 0 Å². The zero-order valence-electron chi connectivity index (χ0n) is 11.8. The monoisotopic (exact) mass is 342 g/mol. The molecule has 0 aliphatic heterocycles. The number of benzene rings is 1. The van der Waals surface area contributed by atoms with E-state index in [1.54, 1.807) is 37.1 Å². The molecule has 0 aliphatic rings. The Morgan fingerprint density at radius 1 is 1.24 bits per heavy atom. The van der Waals surface area contributed by atoms with Crippen LogP contribution in [0.3, 0.4) is 0 Å². The van der Waals surface area contributed by atoms with Gasteiger partial charge in [-0.3, -0.25) is 4.79 Å². The van der Waals surface area contributed by atoms with E-state index in [0.29, 0.717) is 22.8 Å². The summed E-state index contributed by atoms with van der Waals surface area (Å²) in [7, 11) is 3.11. The number of thioether (sulfide) groups is 2. The molecule has 5 nitrogen and oxygen atoms in total. The molecule has 0 aliphatic carbocycles. The first-order chi connectivity index (χ1) is 10.2. The third kappa shape index (κ3) is 4.12. The highest BCUT2D eigenvalue weighted by atomic mass is 32.2. The Morgan fingerprint density at radius 3 is 2.62 bits per heavy atom. The molecule has 21 heavy (non-hydrogen) atoms. The lowest BCUT2D eigenvalue weighted by Crippen LogP contribution is -2.05. The Morgan fingerprint density at radius 2 is 2.00 bits per heavy atom. The normalized spacial score (nSPS) is 10.4. The molecule has 0 fully saturated rings. The standard InChI is InChI=1S/C13H14N2O3S3/c1-17-8-4-5-9(11(6-8)18-2)10(16)7-20-13-15-14-12(19-3)21-13/h4-6H,7H2,1-3H3. The molecular formula is C13H14N2O3S3. The number of ether oxygens (including phenoxy) is 2. The molecule has 0 saturated heterocycles. The number of carbonyl (C=O) groups is 1. The minimum absolute atomic E-state index is 0.0135. The largest absolute Gasteiger partial charge is 0.497 e. The molecule has 0 unspecified atom stereocenters. The summed E-state index contributed by atoms with van der Waals surface area (Å²) in [6, 6.07) is 5.17. The molecule has 0 amide bonds. The second kappa shape index (κ2) is 7.67. The van der Waals surface area contributed by atoms with Crippen LogP contribution in [-0.2, 0) is 0 Å². The molecule has 0 saturated carbocycles. The van der Waals surface area contributed by atoms with Crippen LogP contribution in [0.5, 0.6) is 11.5 Å². The van der Waals surface area contributed by atoms with Crippen LogP contribution >= 0.6 is 34.9 Å². The maximum absolute atomic E-state index is 12.3. The lowest BCUT2D eigenvalue weighted by Gasteiger charge is -2.09. The molecule has 2 aromatic rings. The van der Waals surface area contributed by atoms with Crippen LogP contribution in [-0.4, -0.2) is 42.2 Å². The van der Waals surface area contributed by atoms with Crippen LogP contribution in [0.1, 0.15) is 10.4 Å². The third-order valence-corrected chi connectivity index (χ3v) is 5.63. The molecule has 1 aromatic heterocycles. The quantitative estimate of drug-likeness (QED) is 0.565. The number of methoxy groups -OCH3 is 2. The fraction of sp³-hybridized carbons (Fsp3) is 0.308. The van der Waals surface area contributed by atoms with E-state index in [1.807, 2.05) is 6.26 Å². The van der Waals surface area contributed by atoms with E-state index in [0.717, 1.165) is 8.68 Å². The van der Waals surface area contributed by atoms with E-state index in [1.165, 1.54) is 30.2 Å². The highest BCUT2D eigenvalue weighted by Gasteiger charge is 2.15. The van der Waals surface area contributed by atoms with Crippen molar-refractivity contribution in [3.05, 3.63) is 23.8 Å². The van der Waals surface area contributed by atoms with Gasteiger partial charge in [0.05, 0.1) is 25.5 Å². The van der Waals surface area contributed by atoms with Crippen molar-refractivity contribution in [2.45, 2.75) is 8.68 Å². The topological polar surface area (TPSA) is 61.3 Å². The van der Waals surface area contributed by atoms with Gasteiger partial charge in [0.25, 0.3) is 0 Å². The van der Waals surface area contributed by atoms with Crippen molar-refractivity contribution >= 4 is 40.6 Å². The number of hydrogen-bond acceptors (Lipinski definition) is 8. The average Bonchev–Trinajstić information content (AvgIpc) is 3.00. The van der Waals surface area contributed by atoms with Crippen LogP contribution in [0.15, 0.2) is 26.9 Å². The molecule has 1 aromatic carbocycles. The van der Waals surface area contributed by atoms with E-state index in [9.17, 15) is 4.79 Å². The zero-order chi connectivity index (χ0) is 15.2. The second-order valence-corrected chi connectivity index (χ2v) is 7.07. The fourth-order valence-corrected chi connectivity index (χ4v) is 3.89. The van der Waals surface area contributed by atoms with Crippen molar-refractivity contribution in [2.24, 2.45) is 0 Å². The van der Waals surface area contributed by atoms with Crippen molar-refractivity contribution in [1.82, 2.24) is 10.2 Å². The number of hydrogen-bond donors (Lipinski definition) is 0. The smallest absolute Gasteiger partial charge is 0.176 e. The minimum atomic E-state index is -0.0135. The highest BCUT2D eigenvalue weighted by molar-refractivity contribution is 8.03. The first-order valence-corrected chi connectivity index (χ1v) is 8.96. The number of aromatic nitrogens is 2. The zero-order valence-corrected chi connectivity index (χ0v) is 14.2. The number of nitrogens with zero attached hydrogens (tertiary/aromatic N) is 2. The number of Topliss-reactive ketones (excluding diaryl/α,β-unsaturated/α-hetero) is 1. The van der Waals surface area contributed by atoms with Gasteiger partial charge in [-0.15, -0.1) is 10.2 Å². The highest BCUT2D eigenvalue weighted by Crippen LogP contribution is 2.30. The van der Waals surface area contributed by atoms with Crippen molar-refractivity contribution in [1.29, 1.82) is 0 Å². The molecule has 112 valence electrons. The Hall–Kier alpha value is -1.25. The summed E-state index contributed by atoms with van der Waals surface area (Å²) in [5, 5.41) is 8.03. The summed E-state index contributed by atoms with van der Waals surface area (Å²) in [4.78, 5) is 12.3. The lowest BCUT2D eigenvalue weighted by atomic mass is 10.1. The second-order valence-electron chi connectivity index (χ2n) is 3.82. The number of ketones is 1. The Bertz CT molecular complexity index is 631. The van der Waals surface area contributed by atoms with Crippen molar-refractivity contribution in [3.63, 3.8) is 0 Å². The first kappa shape index (κ1) is 16.1. The van der Waals surface area contributed by atoms with Crippen LogP contribution < -0.4 is 9.47 Å². The Labute approximate surface area is 135 Å². The molecule has 0 bridgehead atoms. The minimum Gasteiger partial charge on any atom is -0.497 e. The van der Waals surface area contributed by atoms with Crippen LogP contribution in [0, 0.1) is 0 Å². The maximum atomic E-state index is 12.3. The Balaban J connectivity index is 2.06. The average molecular weight is 342 g/mol. The summed E-state index contributed by atoms with van der Waals surface area (Å²) < 4.78 is 12.1. The molecule has 0 radical (unpaired) electrons. The van der Waals surface area contributed by atoms with Gasteiger partial charge in [0.15, 0.2) is 14.5 Å². The van der Waals surface area contributed by atoms with Crippen molar-refractivity contribution in [2.75, 3.05) is 26.2 Å². The third-order valence-electron chi connectivity index (χ3n) is 2.60. The van der Waals surface area contributed by atoms with Crippen LogP contribution in [0.4, 0.5) is 0 Å². The van der Waals surface area contributed by atoms with E-state index in [-0.39, 0.29) is 5.78 Å². The molecule has 0 N–H and O–H groups in total. The van der Waals surface area contributed by atoms with Gasteiger partial charge in [-0.05, 0) is 18.4 Å². The molecule has 1 heterocycles. The van der Waals surface area contributed by atoms with Gasteiger partial charge >= 0.3 is 0 Å². The van der Waals surface area contributed by atoms with Gasteiger partial charge in [-0.1, -0.05) is 34.9 Å². The summed E-state index contributed by atoms with van der Waals surface area (Å²) in [5.74, 6) is 1.46. The maximum Gasteiger partial charge on any atom is 0.176 e. The first-order valence-electron chi connectivity index (χ1n) is 5.93. The molecule has 8 heteroatoms. The van der Waals surface area contributed by atoms with Gasteiger partial charge in [0.2, 0.25) is 0 Å². The summed E-state index contributed by atoms with van der Waals surface area (Å²) >= 11 is 4.41. The van der Waals surface area contributed by atoms with Gasteiger partial charge in [0, 0.05) is 6.07 Å². The van der Waals surface area contributed by atoms with Gasteiger partial charge in [-0.25, -0.2) is 0 Å². The molecular weight excluding hydrogens is 328 g/mol. The summed E-state index contributed by atoms with van der Waals surface area (Å²) in [6.07, 6.45) is 1.95. The van der Waals surface area contributed by atoms with Gasteiger partial charge < -0.3 is 9.47 Å². The molecule has 2 rings (SSSR count). The summed E-state index contributed by atoms with van der Waals surface area (Å²) in [5.41, 5.74) is 0.542.